The molecule has 0 heterocycles. The van der Waals surface area contributed by atoms with Crippen LogP contribution in [0, 0.1) is 0 Å². The molecule has 0 atom stereocenters. The average molecular weight is 455 g/mol. The Kier molecular flexibility index (Phi) is 6.86. The summed E-state index contributed by atoms with van der Waals surface area (Å²) >= 11 is 3.40. The summed E-state index contributed by atoms with van der Waals surface area (Å²) in [6.07, 6.45) is 1.35. The maximum Gasteiger partial charge on any atom is 0.275 e. The summed E-state index contributed by atoms with van der Waals surface area (Å²) in [6, 6.07) is 19.4. The van der Waals surface area contributed by atoms with E-state index in [0.717, 1.165) is 10.0 Å². The van der Waals surface area contributed by atoms with Crippen LogP contribution in [0.25, 0.3) is 0 Å². The summed E-state index contributed by atoms with van der Waals surface area (Å²) in [5.41, 5.74) is 4.21. The third-order valence-corrected chi connectivity index (χ3v) is 4.57. The third-order valence-electron chi connectivity index (χ3n) is 4.04. The van der Waals surface area contributed by atoms with Crippen molar-refractivity contribution >= 4 is 28.1 Å². The summed E-state index contributed by atoms with van der Waals surface area (Å²) in [6.45, 7) is 0.332. The number of hydrazone groups is 1. The number of benzene rings is 3. The minimum absolute atomic E-state index is 0.0297. The maximum absolute atomic E-state index is 12.5. The van der Waals surface area contributed by atoms with Crippen LogP contribution >= 0.6 is 15.9 Å². The fourth-order valence-electron chi connectivity index (χ4n) is 2.51. The van der Waals surface area contributed by atoms with Gasteiger partial charge in [0.1, 0.15) is 23.9 Å². The van der Waals surface area contributed by atoms with Gasteiger partial charge in [-0.25, -0.2) is 5.43 Å². The molecule has 2 N–H and O–H groups in total. The summed E-state index contributed by atoms with van der Waals surface area (Å²) in [4.78, 5) is 12.5. The quantitative estimate of drug-likeness (QED) is 0.406. The fraction of sp³-hybridized carbons (Fsp3) is 0.0909. The first-order valence-corrected chi connectivity index (χ1v) is 9.53. The number of hydrogen-bond donors (Lipinski definition) is 2. The van der Waals surface area contributed by atoms with E-state index in [-0.39, 0.29) is 5.75 Å². The molecule has 6 nitrogen and oxygen atoms in total. The molecule has 0 aliphatic rings. The number of ether oxygens (including phenoxy) is 2. The number of amides is 1. The molecule has 3 aromatic carbocycles. The van der Waals surface area contributed by atoms with Crippen LogP contribution in [0.4, 0.5) is 0 Å². The lowest BCUT2D eigenvalue weighted by Crippen LogP contribution is -2.18. The SMILES string of the molecule is COc1ccc(O)c(/C=N/NC(=O)c2ccccc2OCc2ccc(Br)cc2)c1. The van der Waals surface area contributed by atoms with Crippen LogP contribution in [0.2, 0.25) is 0 Å². The number of nitrogens with one attached hydrogen (secondary N) is 1. The summed E-state index contributed by atoms with van der Waals surface area (Å²) in [5, 5.41) is 13.8. The Morgan fingerprint density at radius 2 is 1.90 bits per heavy atom. The Hall–Kier alpha value is -3.32. The molecule has 0 saturated heterocycles. The number of carbonyl (C=O) groups excluding carboxylic acids is 1. The molecule has 0 fully saturated rings. The van der Waals surface area contributed by atoms with E-state index in [1.807, 2.05) is 24.3 Å². The highest BCUT2D eigenvalue weighted by molar-refractivity contribution is 9.10. The van der Waals surface area contributed by atoms with Gasteiger partial charge in [-0.05, 0) is 48.0 Å². The molecule has 0 aliphatic carbocycles. The van der Waals surface area contributed by atoms with E-state index >= 15 is 0 Å². The summed E-state index contributed by atoms with van der Waals surface area (Å²) in [5.74, 6) is 0.631. The number of phenolic OH excluding ortho intramolecular Hbond substituents is 1. The number of phenols is 1. The number of halogens is 1. The van der Waals surface area contributed by atoms with Crippen molar-refractivity contribution in [3.05, 3.63) is 87.9 Å². The second-order valence-corrected chi connectivity index (χ2v) is 6.95. The molecule has 148 valence electrons. The molecule has 3 aromatic rings. The highest BCUT2D eigenvalue weighted by atomic mass is 79.9. The second-order valence-electron chi connectivity index (χ2n) is 6.04. The van der Waals surface area contributed by atoms with Crippen molar-refractivity contribution in [2.24, 2.45) is 5.10 Å². The van der Waals surface area contributed by atoms with Crippen LogP contribution in [0.5, 0.6) is 17.2 Å². The predicted molar refractivity (Wildman–Crippen MR) is 115 cm³/mol. The molecule has 3 rings (SSSR count). The van der Waals surface area contributed by atoms with Gasteiger partial charge in [0.05, 0.1) is 18.9 Å². The van der Waals surface area contributed by atoms with Gasteiger partial charge in [-0.15, -0.1) is 0 Å². The molecular weight excluding hydrogens is 436 g/mol. The molecule has 7 heteroatoms. The molecule has 0 aromatic heterocycles. The van der Waals surface area contributed by atoms with E-state index < -0.39 is 5.91 Å². The normalized spacial score (nSPS) is 10.7. The Morgan fingerprint density at radius 3 is 2.66 bits per heavy atom. The van der Waals surface area contributed by atoms with Gasteiger partial charge in [-0.2, -0.15) is 5.10 Å². The molecule has 29 heavy (non-hydrogen) atoms. The van der Waals surface area contributed by atoms with Gasteiger partial charge < -0.3 is 14.6 Å². The third kappa shape index (κ3) is 5.58. The first-order chi connectivity index (χ1) is 14.1. The number of hydrogen-bond acceptors (Lipinski definition) is 5. The van der Waals surface area contributed by atoms with Crippen molar-refractivity contribution in [3.63, 3.8) is 0 Å². The number of carbonyl (C=O) groups is 1. The van der Waals surface area contributed by atoms with Crippen LogP contribution in [0.3, 0.4) is 0 Å². The van der Waals surface area contributed by atoms with Crippen LogP contribution < -0.4 is 14.9 Å². The molecule has 0 spiro atoms. The van der Waals surface area contributed by atoms with Gasteiger partial charge in [-0.1, -0.05) is 40.2 Å². The minimum atomic E-state index is -0.421. The van der Waals surface area contributed by atoms with Crippen molar-refractivity contribution in [2.45, 2.75) is 6.61 Å². The largest absolute Gasteiger partial charge is 0.507 e. The van der Waals surface area contributed by atoms with E-state index in [1.54, 1.807) is 36.4 Å². The average Bonchev–Trinajstić information content (AvgIpc) is 2.75. The van der Waals surface area contributed by atoms with Gasteiger partial charge in [0, 0.05) is 10.0 Å². The van der Waals surface area contributed by atoms with Crippen molar-refractivity contribution in [1.29, 1.82) is 0 Å². The van der Waals surface area contributed by atoms with E-state index in [4.69, 9.17) is 9.47 Å². The number of para-hydroxylation sites is 1. The van der Waals surface area contributed by atoms with Crippen LogP contribution in [0.15, 0.2) is 76.3 Å². The van der Waals surface area contributed by atoms with Gasteiger partial charge in [0.25, 0.3) is 5.91 Å². The zero-order valence-electron chi connectivity index (χ0n) is 15.6. The zero-order chi connectivity index (χ0) is 20.6. The molecular formula is C22H19BrN2O4. The molecule has 0 bridgehead atoms. The van der Waals surface area contributed by atoms with Crippen molar-refractivity contribution in [3.8, 4) is 17.2 Å². The molecule has 0 radical (unpaired) electrons. The predicted octanol–water partition coefficient (Wildman–Crippen LogP) is 4.51. The summed E-state index contributed by atoms with van der Waals surface area (Å²) in [7, 11) is 1.53. The lowest BCUT2D eigenvalue weighted by atomic mass is 10.2. The Bertz CT molecular complexity index is 1020. The van der Waals surface area contributed by atoms with Crippen molar-refractivity contribution < 1.29 is 19.4 Å². The smallest absolute Gasteiger partial charge is 0.275 e. The number of methoxy groups -OCH3 is 1. The van der Waals surface area contributed by atoms with Crippen molar-refractivity contribution in [1.82, 2.24) is 5.43 Å². The lowest BCUT2D eigenvalue weighted by Gasteiger charge is -2.10. The van der Waals surface area contributed by atoms with Crippen LogP contribution in [-0.2, 0) is 6.61 Å². The monoisotopic (exact) mass is 454 g/mol. The second kappa shape index (κ2) is 9.75. The van der Waals surface area contributed by atoms with Crippen molar-refractivity contribution in [2.75, 3.05) is 7.11 Å². The summed E-state index contributed by atoms with van der Waals surface area (Å²) < 4.78 is 11.9. The Morgan fingerprint density at radius 1 is 1.14 bits per heavy atom. The lowest BCUT2D eigenvalue weighted by molar-refractivity contribution is 0.0950. The van der Waals surface area contributed by atoms with E-state index in [2.05, 4.69) is 26.5 Å². The zero-order valence-corrected chi connectivity index (χ0v) is 17.2. The number of aromatic hydroxyl groups is 1. The first-order valence-electron chi connectivity index (χ1n) is 8.73. The molecule has 1 amide bonds. The van der Waals surface area contributed by atoms with Gasteiger partial charge in [0.2, 0.25) is 0 Å². The highest BCUT2D eigenvalue weighted by Crippen LogP contribution is 2.22. The number of rotatable bonds is 7. The highest BCUT2D eigenvalue weighted by Gasteiger charge is 2.11. The Labute approximate surface area is 176 Å². The van der Waals surface area contributed by atoms with Crippen LogP contribution in [0.1, 0.15) is 21.5 Å². The van der Waals surface area contributed by atoms with E-state index in [1.165, 1.54) is 19.4 Å². The minimum Gasteiger partial charge on any atom is -0.507 e. The van der Waals surface area contributed by atoms with E-state index in [9.17, 15) is 9.90 Å². The van der Waals surface area contributed by atoms with Gasteiger partial charge in [-0.3, -0.25) is 4.79 Å². The molecule has 0 unspecified atom stereocenters. The first kappa shape index (κ1) is 20.4. The van der Waals surface area contributed by atoms with Gasteiger partial charge >= 0.3 is 0 Å². The fourth-order valence-corrected chi connectivity index (χ4v) is 2.77. The standard InChI is InChI=1S/C22H19BrN2O4/c1-28-18-10-11-20(26)16(12-18)13-24-25-22(27)19-4-2-3-5-21(19)29-14-15-6-8-17(23)9-7-15/h2-13,26H,14H2,1H3,(H,25,27)/b24-13+. The molecule has 0 saturated carbocycles. The van der Waals surface area contributed by atoms with Crippen LogP contribution in [-0.4, -0.2) is 24.3 Å². The van der Waals surface area contributed by atoms with Gasteiger partial charge in [0.15, 0.2) is 0 Å². The maximum atomic E-state index is 12.5. The van der Waals surface area contributed by atoms with E-state index in [0.29, 0.717) is 29.2 Å². The number of nitrogens with zero attached hydrogens (tertiary/aromatic N) is 1. The topological polar surface area (TPSA) is 80.2 Å². The Balaban J connectivity index is 1.67. The molecule has 0 aliphatic heterocycles.